The molecule has 1 aliphatic heterocycles. The standard InChI is InChI=1S/C13H16Br2O2/c14-8-10-7-11(15)4-5-13(10)17-9-12-3-1-2-6-16-12/h4-5,7,12H,1-3,6,8-9H2. The van der Waals surface area contributed by atoms with Crippen molar-refractivity contribution in [1.82, 2.24) is 0 Å². The molecule has 4 heteroatoms. The van der Waals surface area contributed by atoms with E-state index in [1.807, 2.05) is 12.1 Å². The first-order valence-corrected chi connectivity index (χ1v) is 7.80. The largest absolute Gasteiger partial charge is 0.491 e. The Kier molecular flexibility index (Phi) is 5.32. The van der Waals surface area contributed by atoms with E-state index in [4.69, 9.17) is 9.47 Å². The second kappa shape index (κ2) is 6.76. The van der Waals surface area contributed by atoms with Crippen LogP contribution in [0.3, 0.4) is 0 Å². The highest BCUT2D eigenvalue weighted by molar-refractivity contribution is 9.10. The van der Waals surface area contributed by atoms with Gasteiger partial charge >= 0.3 is 0 Å². The van der Waals surface area contributed by atoms with E-state index in [1.54, 1.807) is 0 Å². The Morgan fingerprint density at radius 1 is 1.35 bits per heavy atom. The van der Waals surface area contributed by atoms with Crippen LogP contribution in [0, 0.1) is 0 Å². The van der Waals surface area contributed by atoms with E-state index in [0.717, 1.165) is 34.1 Å². The van der Waals surface area contributed by atoms with E-state index in [2.05, 4.69) is 37.9 Å². The molecule has 0 radical (unpaired) electrons. The highest BCUT2D eigenvalue weighted by Crippen LogP contribution is 2.26. The van der Waals surface area contributed by atoms with Crippen molar-refractivity contribution >= 4 is 31.9 Å². The van der Waals surface area contributed by atoms with Gasteiger partial charge < -0.3 is 9.47 Å². The maximum Gasteiger partial charge on any atom is 0.123 e. The molecular weight excluding hydrogens is 348 g/mol. The number of alkyl halides is 1. The Labute approximate surface area is 119 Å². The lowest BCUT2D eigenvalue weighted by atomic mass is 10.1. The fourth-order valence-corrected chi connectivity index (χ4v) is 2.76. The molecule has 0 N–H and O–H groups in total. The minimum atomic E-state index is 0.260. The number of rotatable bonds is 4. The molecular formula is C13H16Br2O2. The average molecular weight is 364 g/mol. The van der Waals surface area contributed by atoms with Crippen LogP contribution in [-0.2, 0) is 10.1 Å². The van der Waals surface area contributed by atoms with Crippen molar-refractivity contribution in [1.29, 1.82) is 0 Å². The molecule has 1 heterocycles. The van der Waals surface area contributed by atoms with Crippen molar-refractivity contribution in [2.75, 3.05) is 13.2 Å². The summed E-state index contributed by atoms with van der Waals surface area (Å²) in [6.07, 6.45) is 3.80. The Hall–Kier alpha value is -0.0600. The van der Waals surface area contributed by atoms with Gasteiger partial charge in [-0.2, -0.15) is 0 Å². The molecule has 1 aromatic carbocycles. The van der Waals surface area contributed by atoms with Crippen LogP contribution in [0.1, 0.15) is 24.8 Å². The summed E-state index contributed by atoms with van der Waals surface area (Å²) in [5.41, 5.74) is 1.16. The van der Waals surface area contributed by atoms with Crippen molar-refractivity contribution in [2.45, 2.75) is 30.7 Å². The SMILES string of the molecule is BrCc1cc(Br)ccc1OCC1CCCCO1. The van der Waals surface area contributed by atoms with Gasteiger partial charge in [0.25, 0.3) is 0 Å². The zero-order valence-electron chi connectivity index (χ0n) is 9.62. The Bertz CT molecular complexity index is 362. The zero-order valence-corrected chi connectivity index (χ0v) is 12.8. The van der Waals surface area contributed by atoms with Gasteiger partial charge in [-0.1, -0.05) is 31.9 Å². The lowest BCUT2D eigenvalue weighted by molar-refractivity contribution is -0.0112. The van der Waals surface area contributed by atoms with Gasteiger partial charge in [-0.05, 0) is 37.5 Å². The second-order valence-electron chi connectivity index (χ2n) is 4.19. The van der Waals surface area contributed by atoms with Crippen molar-refractivity contribution in [2.24, 2.45) is 0 Å². The maximum atomic E-state index is 5.85. The van der Waals surface area contributed by atoms with Gasteiger partial charge in [-0.25, -0.2) is 0 Å². The normalized spacial score (nSPS) is 20.2. The van der Waals surface area contributed by atoms with Crippen LogP contribution in [0.5, 0.6) is 5.75 Å². The highest BCUT2D eigenvalue weighted by Gasteiger charge is 2.15. The average Bonchev–Trinajstić information content (AvgIpc) is 2.38. The van der Waals surface area contributed by atoms with Crippen LogP contribution >= 0.6 is 31.9 Å². The second-order valence-corrected chi connectivity index (χ2v) is 5.66. The summed E-state index contributed by atoms with van der Waals surface area (Å²) in [5.74, 6) is 0.944. The number of halogens is 2. The molecule has 1 saturated heterocycles. The molecule has 0 saturated carbocycles. The van der Waals surface area contributed by atoms with E-state index in [-0.39, 0.29) is 6.10 Å². The van der Waals surface area contributed by atoms with E-state index >= 15 is 0 Å². The molecule has 0 spiro atoms. The molecule has 0 amide bonds. The molecule has 1 atom stereocenters. The number of benzene rings is 1. The van der Waals surface area contributed by atoms with Gasteiger partial charge in [0.15, 0.2) is 0 Å². The van der Waals surface area contributed by atoms with Gasteiger partial charge in [0.1, 0.15) is 12.4 Å². The van der Waals surface area contributed by atoms with Crippen molar-refractivity contribution in [3.63, 3.8) is 0 Å². The quantitative estimate of drug-likeness (QED) is 0.743. The van der Waals surface area contributed by atoms with Crippen molar-refractivity contribution < 1.29 is 9.47 Å². The third kappa shape index (κ3) is 3.97. The molecule has 0 bridgehead atoms. The van der Waals surface area contributed by atoms with Crippen LogP contribution in [0.25, 0.3) is 0 Å². The highest BCUT2D eigenvalue weighted by atomic mass is 79.9. The zero-order chi connectivity index (χ0) is 12.1. The topological polar surface area (TPSA) is 18.5 Å². The third-order valence-corrected chi connectivity index (χ3v) is 3.96. The molecule has 1 unspecified atom stereocenters. The summed E-state index contributed by atoms with van der Waals surface area (Å²) in [6, 6.07) is 6.08. The summed E-state index contributed by atoms with van der Waals surface area (Å²) in [4.78, 5) is 0. The Morgan fingerprint density at radius 3 is 2.94 bits per heavy atom. The van der Waals surface area contributed by atoms with E-state index in [0.29, 0.717) is 6.61 Å². The van der Waals surface area contributed by atoms with E-state index < -0.39 is 0 Å². The summed E-state index contributed by atoms with van der Waals surface area (Å²) < 4.78 is 12.6. The molecule has 17 heavy (non-hydrogen) atoms. The minimum Gasteiger partial charge on any atom is -0.491 e. The summed E-state index contributed by atoms with van der Waals surface area (Å²) in [6.45, 7) is 1.53. The maximum absolute atomic E-state index is 5.85. The first-order chi connectivity index (χ1) is 8.29. The number of hydrogen-bond donors (Lipinski definition) is 0. The summed E-state index contributed by atoms with van der Waals surface area (Å²) in [7, 11) is 0. The summed E-state index contributed by atoms with van der Waals surface area (Å²) >= 11 is 6.94. The molecule has 2 nitrogen and oxygen atoms in total. The molecule has 1 fully saturated rings. The number of ether oxygens (including phenoxy) is 2. The fraction of sp³-hybridized carbons (Fsp3) is 0.538. The van der Waals surface area contributed by atoms with Crippen molar-refractivity contribution in [3.8, 4) is 5.75 Å². The first-order valence-electron chi connectivity index (χ1n) is 5.88. The fourth-order valence-electron chi connectivity index (χ4n) is 1.91. The van der Waals surface area contributed by atoms with Crippen LogP contribution in [-0.4, -0.2) is 19.3 Å². The van der Waals surface area contributed by atoms with Crippen LogP contribution in [0.4, 0.5) is 0 Å². The van der Waals surface area contributed by atoms with Gasteiger partial charge in [-0.3, -0.25) is 0 Å². The smallest absolute Gasteiger partial charge is 0.123 e. The van der Waals surface area contributed by atoms with Crippen molar-refractivity contribution in [3.05, 3.63) is 28.2 Å². The van der Waals surface area contributed by atoms with E-state index in [9.17, 15) is 0 Å². The van der Waals surface area contributed by atoms with Gasteiger partial charge in [0, 0.05) is 22.0 Å². The monoisotopic (exact) mass is 362 g/mol. The predicted molar refractivity (Wildman–Crippen MR) is 75.9 cm³/mol. The predicted octanol–water partition coefficient (Wildman–Crippen LogP) is 4.29. The van der Waals surface area contributed by atoms with Crippen LogP contribution < -0.4 is 4.74 Å². The molecule has 0 aromatic heterocycles. The molecule has 1 aliphatic rings. The van der Waals surface area contributed by atoms with Gasteiger partial charge in [-0.15, -0.1) is 0 Å². The first kappa shape index (κ1) is 13.4. The van der Waals surface area contributed by atoms with Crippen LogP contribution in [0.15, 0.2) is 22.7 Å². The molecule has 94 valence electrons. The minimum absolute atomic E-state index is 0.260. The molecule has 1 aromatic rings. The Balaban J connectivity index is 1.93. The summed E-state index contributed by atoms with van der Waals surface area (Å²) in [5, 5.41) is 0.799. The third-order valence-electron chi connectivity index (χ3n) is 2.87. The van der Waals surface area contributed by atoms with Gasteiger partial charge in [0.05, 0.1) is 6.10 Å². The lowest BCUT2D eigenvalue weighted by Crippen LogP contribution is -2.25. The van der Waals surface area contributed by atoms with E-state index in [1.165, 1.54) is 12.8 Å². The van der Waals surface area contributed by atoms with Crippen LogP contribution in [0.2, 0.25) is 0 Å². The molecule has 0 aliphatic carbocycles. The molecule has 2 rings (SSSR count). The lowest BCUT2D eigenvalue weighted by Gasteiger charge is -2.23. The Morgan fingerprint density at radius 2 is 2.24 bits per heavy atom. The van der Waals surface area contributed by atoms with Gasteiger partial charge in [0.2, 0.25) is 0 Å². The number of hydrogen-bond acceptors (Lipinski definition) is 2.